The van der Waals surface area contributed by atoms with E-state index in [-0.39, 0.29) is 0 Å². The number of nitrogens with zero attached hydrogens (tertiary/aromatic N) is 1. The molecular weight excluding hydrogens is 204 g/mol. The standard InChI is InChI=1S/C9H7ClN2O2/c1-14-9(13)12-8-4-7(10)3-2-6(8)5-11/h2-4H,1H3,(H,12,13). The molecule has 1 rings (SSSR count). The molecule has 72 valence electrons. The molecule has 1 aromatic carbocycles. The number of methoxy groups -OCH3 is 1. The minimum absolute atomic E-state index is 0.333. The molecule has 0 bridgehead atoms. The average molecular weight is 211 g/mol. The molecule has 1 aromatic rings. The van der Waals surface area contributed by atoms with Gasteiger partial charge < -0.3 is 4.74 Å². The first-order valence-electron chi connectivity index (χ1n) is 3.72. The summed E-state index contributed by atoms with van der Waals surface area (Å²) >= 11 is 5.70. The normalized spacial score (nSPS) is 8.93. The van der Waals surface area contributed by atoms with Crippen molar-refractivity contribution >= 4 is 23.4 Å². The van der Waals surface area contributed by atoms with E-state index < -0.39 is 6.09 Å². The van der Waals surface area contributed by atoms with E-state index in [0.717, 1.165) is 0 Å². The van der Waals surface area contributed by atoms with Gasteiger partial charge in [0.15, 0.2) is 0 Å². The van der Waals surface area contributed by atoms with E-state index in [1.165, 1.54) is 19.2 Å². The van der Waals surface area contributed by atoms with Gasteiger partial charge in [0.25, 0.3) is 0 Å². The summed E-state index contributed by atoms with van der Waals surface area (Å²) in [4.78, 5) is 10.9. The summed E-state index contributed by atoms with van der Waals surface area (Å²) in [5.74, 6) is 0. The zero-order valence-electron chi connectivity index (χ0n) is 7.37. The van der Waals surface area contributed by atoms with Gasteiger partial charge in [-0.05, 0) is 18.2 Å². The zero-order chi connectivity index (χ0) is 10.6. The maximum absolute atomic E-state index is 10.9. The molecule has 0 heterocycles. The summed E-state index contributed by atoms with van der Waals surface area (Å²) in [6, 6.07) is 6.50. The summed E-state index contributed by atoms with van der Waals surface area (Å²) in [6.45, 7) is 0. The fourth-order valence-electron chi connectivity index (χ4n) is 0.878. The third-order valence-corrected chi connectivity index (χ3v) is 1.76. The fraction of sp³-hybridized carbons (Fsp3) is 0.111. The molecule has 0 unspecified atom stereocenters. The highest BCUT2D eigenvalue weighted by Gasteiger charge is 2.06. The summed E-state index contributed by atoms with van der Waals surface area (Å²) in [7, 11) is 1.24. The van der Waals surface area contributed by atoms with Gasteiger partial charge in [-0.3, -0.25) is 5.32 Å². The van der Waals surface area contributed by atoms with Crippen LogP contribution < -0.4 is 5.32 Å². The molecule has 1 amide bonds. The van der Waals surface area contributed by atoms with Crippen molar-refractivity contribution in [3.8, 4) is 6.07 Å². The van der Waals surface area contributed by atoms with Crippen LogP contribution in [0.15, 0.2) is 18.2 Å². The second-order valence-electron chi connectivity index (χ2n) is 2.42. The molecule has 0 saturated heterocycles. The van der Waals surface area contributed by atoms with Crippen molar-refractivity contribution in [1.29, 1.82) is 5.26 Å². The molecule has 1 N–H and O–H groups in total. The summed E-state index contributed by atoms with van der Waals surface area (Å²) in [6.07, 6.45) is -0.635. The molecule has 0 aliphatic carbocycles. The SMILES string of the molecule is COC(=O)Nc1cc(Cl)ccc1C#N. The lowest BCUT2D eigenvalue weighted by molar-refractivity contribution is 0.187. The molecule has 14 heavy (non-hydrogen) atoms. The van der Waals surface area contributed by atoms with Crippen LogP contribution in [0.4, 0.5) is 10.5 Å². The highest BCUT2D eigenvalue weighted by atomic mass is 35.5. The Bertz CT molecular complexity index is 398. The summed E-state index contributed by atoms with van der Waals surface area (Å²) in [5.41, 5.74) is 0.673. The number of rotatable bonds is 1. The second kappa shape index (κ2) is 4.49. The predicted octanol–water partition coefficient (Wildman–Crippen LogP) is 2.39. The number of amides is 1. The van der Waals surface area contributed by atoms with E-state index in [2.05, 4.69) is 10.1 Å². The Morgan fingerprint density at radius 2 is 2.36 bits per heavy atom. The first kappa shape index (κ1) is 10.4. The van der Waals surface area contributed by atoms with Crippen LogP contribution in [0.3, 0.4) is 0 Å². The van der Waals surface area contributed by atoms with E-state index in [0.29, 0.717) is 16.3 Å². The van der Waals surface area contributed by atoms with E-state index in [1.54, 1.807) is 6.07 Å². The molecule has 0 aliphatic heterocycles. The largest absolute Gasteiger partial charge is 0.453 e. The number of nitrogens with one attached hydrogen (secondary N) is 1. The highest BCUT2D eigenvalue weighted by molar-refractivity contribution is 6.31. The Morgan fingerprint density at radius 3 is 2.93 bits per heavy atom. The molecule has 0 radical (unpaired) electrons. The van der Waals surface area contributed by atoms with Crippen molar-refractivity contribution in [3.63, 3.8) is 0 Å². The Kier molecular flexibility index (Phi) is 3.32. The van der Waals surface area contributed by atoms with Gasteiger partial charge in [0.05, 0.1) is 18.4 Å². The monoisotopic (exact) mass is 210 g/mol. The lowest BCUT2D eigenvalue weighted by atomic mass is 10.2. The number of carbonyl (C=O) groups excluding carboxylic acids is 1. The average Bonchev–Trinajstić information content (AvgIpc) is 2.18. The van der Waals surface area contributed by atoms with Crippen LogP contribution in [0.5, 0.6) is 0 Å². The number of hydrogen-bond acceptors (Lipinski definition) is 3. The van der Waals surface area contributed by atoms with E-state index in [9.17, 15) is 4.79 Å². The molecule has 4 nitrogen and oxygen atoms in total. The van der Waals surface area contributed by atoms with Gasteiger partial charge in [-0.15, -0.1) is 0 Å². The fourth-order valence-corrected chi connectivity index (χ4v) is 1.05. The van der Waals surface area contributed by atoms with Crippen LogP contribution in [0.1, 0.15) is 5.56 Å². The van der Waals surface area contributed by atoms with Gasteiger partial charge in [-0.1, -0.05) is 11.6 Å². The number of ether oxygens (including phenoxy) is 1. The minimum Gasteiger partial charge on any atom is -0.453 e. The molecule has 0 spiro atoms. The van der Waals surface area contributed by atoms with Crippen molar-refractivity contribution in [2.75, 3.05) is 12.4 Å². The van der Waals surface area contributed by atoms with Gasteiger partial charge in [-0.2, -0.15) is 5.26 Å². The topological polar surface area (TPSA) is 62.1 Å². The Morgan fingerprint density at radius 1 is 1.64 bits per heavy atom. The molecule has 0 atom stereocenters. The molecule has 0 saturated carbocycles. The van der Waals surface area contributed by atoms with Crippen molar-refractivity contribution in [2.45, 2.75) is 0 Å². The van der Waals surface area contributed by atoms with Crippen LogP contribution in [0.2, 0.25) is 5.02 Å². The van der Waals surface area contributed by atoms with E-state index in [1.807, 2.05) is 6.07 Å². The maximum atomic E-state index is 10.9. The van der Waals surface area contributed by atoms with Crippen molar-refractivity contribution < 1.29 is 9.53 Å². The number of carbonyl (C=O) groups is 1. The number of benzene rings is 1. The van der Waals surface area contributed by atoms with Crippen molar-refractivity contribution in [3.05, 3.63) is 28.8 Å². The van der Waals surface area contributed by atoms with Gasteiger partial charge in [0.2, 0.25) is 0 Å². The Balaban J connectivity index is 3.00. The van der Waals surface area contributed by atoms with E-state index >= 15 is 0 Å². The molecule has 0 aromatic heterocycles. The third-order valence-electron chi connectivity index (χ3n) is 1.52. The number of anilines is 1. The molecule has 0 fully saturated rings. The van der Waals surface area contributed by atoms with Crippen molar-refractivity contribution in [1.82, 2.24) is 0 Å². The summed E-state index contributed by atoms with van der Waals surface area (Å²) in [5, 5.41) is 11.5. The minimum atomic E-state index is -0.635. The van der Waals surface area contributed by atoms with Crippen LogP contribution >= 0.6 is 11.6 Å². The van der Waals surface area contributed by atoms with Crippen LogP contribution in [-0.4, -0.2) is 13.2 Å². The van der Waals surface area contributed by atoms with Crippen LogP contribution in [-0.2, 0) is 4.74 Å². The van der Waals surface area contributed by atoms with E-state index in [4.69, 9.17) is 16.9 Å². The zero-order valence-corrected chi connectivity index (χ0v) is 8.13. The summed E-state index contributed by atoms with van der Waals surface area (Å²) < 4.78 is 4.39. The van der Waals surface area contributed by atoms with Gasteiger partial charge in [0, 0.05) is 5.02 Å². The lowest BCUT2D eigenvalue weighted by Gasteiger charge is -2.05. The third kappa shape index (κ3) is 2.38. The van der Waals surface area contributed by atoms with Crippen LogP contribution in [0.25, 0.3) is 0 Å². The smallest absolute Gasteiger partial charge is 0.411 e. The molecule has 0 aliphatic rings. The Labute approximate surface area is 86.0 Å². The van der Waals surface area contributed by atoms with Gasteiger partial charge >= 0.3 is 6.09 Å². The predicted molar refractivity (Wildman–Crippen MR) is 52.2 cm³/mol. The molecular formula is C9H7ClN2O2. The first-order chi connectivity index (χ1) is 6.67. The first-order valence-corrected chi connectivity index (χ1v) is 4.10. The highest BCUT2D eigenvalue weighted by Crippen LogP contribution is 2.20. The second-order valence-corrected chi connectivity index (χ2v) is 2.85. The Hall–Kier alpha value is -1.73. The van der Waals surface area contributed by atoms with Gasteiger partial charge in [0.1, 0.15) is 6.07 Å². The maximum Gasteiger partial charge on any atom is 0.411 e. The number of nitriles is 1. The number of hydrogen-bond donors (Lipinski definition) is 1. The number of halogens is 1. The quantitative estimate of drug-likeness (QED) is 0.774. The van der Waals surface area contributed by atoms with Gasteiger partial charge in [-0.25, -0.2) is 4.79 Å². The molecule has 5 heteroatoms. The lowest BCUT2D eigenvalue weighted by Crippen LogP contribution is -2.11. The van der Waals surface area contributed by atoms with Crippen molar-refractivity contribution in [2.24, 2.45) is 0 Å². The van der Waals surface area contributed by atoms with Crippen LogP contribution in [0, 0.1) is 11.3 Å².